The number of rotatable bonds is 2. The zero-order chi connectivity index (χ0) is 17.4. The van der Waals surface area contributed by atoms with Gasteiger partial charge in [0.2, 0.25) is 0 Å². The number of anilines is 1. The Morgan fingerprint density at radius 2 is 2.08 bits per heavy atom. The minimum atomic E-state index is -0.0650. The monoisotopic (exact) mass is 337 g/mol. The van der Waals surface area contributed by atoms with Gasteiger partial charge in [0.1, 0.15) is 0 Å². The number of urea groups is 1. The van der Waals surface area contributed by atoms with E-state index in [1.165, 1.54) is 11.3 Å². The maximum absolute atomic E-state index is 12.4. The zero-order valence-corrected chi connectivity index (χ0v) is 14.7. The number of amides is 2. The molecule has 6 nitrogen and oxygen atoms in total. The first-order valence-electron chi connectivity index (χ1n) is 8.65. The maximum atomic E-state index is 12.4. The summed E-state index contributed by atoms with van der Waals surface area (Å²) in [6.07, 6.45) is 6.54. The molecule has 0 unspecified atom stereocenters. The minimum absolute atomic E-state index is 0.0650. The second kappa shape index (κ2) is 6.02. The van der Waals surface area contributed by atoms with Crippen molar-refractivity contribution in [2.75, 3.05) is 38.6 Å². The number of aromatic nitrogens is 2. The quantitative estimate of drug-likeness (QED) is 0.842. The average Bonchev–Trinajstić information content (AvgIpc) is 3.18. The van der Waals surface area contributed by atoms with Crippen LogP contribution < -0.4 is 4.90 Å². The Balaban J connectivity index is 1.62. The fourth-order valence-electron chi connectivity index (χ4n) is 4.08. The van der Waals surface area contributed by atoms with Crippen molar-refractivity contribution < 1.29 is 4.79 Å². The number of likely N-dealkylation sites (tertiary alicyclic amines) is 1. The molecule has 1 saturated heterocycles. The van der Waals surface area contributed by atoms with Crippen LogP contribution in [0.15, 0.2) is 42.9 Å². The van der Waals surface area contributed by atoms with Gasteiger partial charge in [0.05, 0.1) is 16.8 Å². The summed E-state index contributed by atoms with van der Waals surface area (Å²) in [6.45, 7) is 3.23. The molecule has 2 aromatic rings. The van der Waals surface area contributed by atoms with E-state index in [-0.39, 0.29) is 11.4 Å². The van der Waals surface area contributed by atoms with Crippen LogP contribution >= 0.6 is 0 Å². The molecule has 1 fully saturated rings. The van der Waals surface area contributed by atoms with Gasteiger partial charge in [-0.05, 0) is 30.2 Å². The van der Waals surface area contributed by atoms with Gasteiger partial charge in [-0.2, -0.15) is 0 Å². The van der Waals surface area contributed by atoms with E-state index in [2.05, 4.69) is 22.0 Å². The first-order chi connectivity index (χ1) is 12.1. The fraction of sp³-hybridized carbons (Fsp3) is 0.421. The van der Waals surface area contributed by atoms with Crippen LogP contribution in [0.3, 0.4) is 0 Å². The van der Waals surface area contributed by atoms with E-state index in [4.69, 9.17) is 4.98 Å². The smallest absolute Gasteiger partial charge is 0.319 e. The number of hydrogen-bond donors (Lipinski definition) is 0. The summed E-state index contributed by atoms with van der Waals surface area (Å²) in [5.74, 6) is 0. The Morgan fingerprint density at radius 3 is 2.84 bits per heavy atom. The summed E-state index contributed by atoms with van der Waals surface area (Å²) in [6, 6.07) is 8.29. The lowest BCUT2D eigenvalue weighted by Crippen LogP contribution is -2.41. The van der Waals surface area contributed by atoms with Crippen LogP contribution in [0.25, 0.3) is 0 Å². The van der Waals surface area contributed by atoms with E-state index >= 15 is 0 Å². The zero-order valence-electron chi connectivity index (χ0n) is 14.7. The Hall–Kier alpha value is -2.63. The van der Waals surface area contributed by atoms with Gasteiger partial charge in [-0.15, -0.1) is 0 Å². The average molecular weight is 337 g/mol. The summed E-state index contributed by atoms with van der Waals surface area (Å²) in [5.41, 5.74) is 3.44. The fourth-order valence-corrected chi connectivity index (χ4v) is 4.08. The second-order valence-electron chi connectivity index (χ2n) is 7.22. The largest absolute Gasteiger partial charge is 0.365 e. The molecule has 0 bridgehead atoms. The third kappa shape index (κ3) is 2.71. The van der Waals surface area contributed by atoms with Gasteiger partial charge >= 0.3 is 6.03 Å². The number of carbonyl (C=O) groups excluding carboxylic acids is 1. The highest BCUT2D eigenvalue weighted by atomic mass is 16.2. The lowest BCUT2D eigenvalue weighted by atomic mass is 9.85. The van der Waals surface area contributed by atoms with Crippen molar-refractivity contribution in [1.29, 1.82) is 0 Å². The molecule has 2 aliphatic heterocycles. The summed E-state index contributed by atoms with van der Waals surface area (Å²) < 4.78 is 0. The molecule has 0 saturated carbocycles. The van der Waals surface area contributed by atoms with Crippen molar-refractivity contribution >= 4 is 11.7 Å². The number of carbonyl (C=O) groups is 1. The molecule has 0 aliphatic carbocycles. The molecule has 130 valence electrons. The lowest BCUT2D eigenvalue weighted by molar-refractivity contribution is 0.179. The molecule has 1 atom stereocenters. The van der Waals surface area contributed by atoms with Crippen molar-refractivity contribution in [3.05, 3.63) is 54.1 Å². The van der Waals surface area contributed by atoms with E-state index < -0.39 is 0 Å². The third-order valence-electron chi connectivity index (χ3n) is 5.23. The maximum Gasteiger partial charge on any atom is 0.319 e. The number of fused-ring (bicyclic) bond motifs is 2. The highest BCUT2D eigenvalue weighted by molar-refractivity contribution is 5.75. The number of nitrogens with zero attached hydrogens (tertiary/aromatic N) is 5. The molecule has 0 aromatic carbocycles. The van der Waals surface area contributed by atoms with Crippen molar-refractivity contribution in [3.8, 4) is 0 Å². The van der Waals surface area contributed by atoms with Crippen LogP contribution in [0, 0.1) is 0 Å². The van der Waals surface area contributed by atoms with Gasteiger partial charge in [0, 0.05) is 58.9 Å². The molecular weight excluding hydrogens is 314 g/mol. The summed E-state index contributed by atoms with van der Waals surface area (Å²) in [5, 5.41) is 0. The Bertz CT molecular complexity index is 778. The predicted molar refractivity (Wildman–Crippen MR) is 96.5 cm³/mol. The molecule has 2 aromatic heterocycles. The van der Waals surface area contributed by atoms with Gasteiger partial charge in [-0.25, -0.2) is 4.79 Å². The summed E-state index contributed by atoms with van der Waals surface area (Å²) in [7, 11) is 3.62. The molecule has 0 N–H and O–H groups in total. The van der Waals surface area contributed by atoms with Gasteiger partial charge in [0.25, 0.3) is 0 Å². The van der Waals surface area contributed by atoms with Crippen LogP contribution in [-0.4, -0.2) is 59.5 Å². The van der Waals surface area contributed by atoms with Crippen molar-refractivity contribution in [3.63, 3.8) is 0 Å². The van der Waals surface area contributed by atoms with E-state index in [1.54, 1.807) is 11.1 Å². The van der Waals surface area contributed by atoms with Gasteiger partial charge in [0.15, 0.2) is 0 Å². The van der Waals surface area contributed by atoms with Crippen molar-refractivity contribution in [2.45, 2.75) is 18.4 Å². The molecule has 4 heterocycles. The number of hydrogen-bond acceptors (Lipinski definition) is 4. The molecule has 4 rings (SSSR count). The van der Waals surface area contributed by atoms with Gasteiger partial charge in [-0.1, -0.05) is 6.07 Å². The Morgan fingerprint density at radius 1 is 1.24 bits per heavy atom. The molecule has 2 aliphatic rings. The van der Waals surface area contributed by atoms with Crippen molar-refractivity contribution in [1.82, 2.24) is 19.8 Å². The van der Waals surface area contributed by atoms with Gasteiger partial charge in [-0.3, -0.25) is 9.97 Å². The summed E-state index contributed by atoms with van der Waals surface area (Å²) >= 11 is 0. The van der Waals surface area contributed by atoms with Crippen LogP contribution in [0.2, 0.25) is 0 Å². The van der Waals surface area contributed by atoms with E-state index in [0.717, 1.165) is 38.3 Å². The van der Waals surface area contributed by atoms with Gasteiger partial charge < -0.3 is 14.7 Å². The predicted octanol–water partition coefficient (Wildman–Crippen LogP) is 2.12. The topological polar surface area (TPSA) is 52.6 Å². The standard InChI is InChI=1S/C19H23N5O/c1-22(2)18(25)23-10-7-19(13-23)14-24(12-15-5-3-8-20-11-15)16-6-4-9-21-17(16)19/h3-6,8-9,11H,7,10,12-14H2,1-2H3/t19-/m1/s1. The van der Waals surface area contributed by atoms with Crippen LogP contribution in [0.1, 0.15) is 17.7 Å². The first-order valence-corrected chi connectivity index (χ1v) is 8.65. The third-order valence-corrected chi connectivity index (χ3v) is 5.23. The molecule has 0 radical (unpaired) electrons. The molecular formula is C19H23N5O. The Labute approximate surface area is 148 Å². The Kier molecular flexibility index (Phi) is 3.82. The van der Waals surface area contributed by atoms with Crippen molar-refractivity contribution in [2.24, 2.45) is 0 Å². The van der Waals surface area contributed by atoms with Crippen LogP contribution in [0.4, 0.5) is 10.5 Å². The highest BCUT2D eigenvalue weighted by Gasteiger charge is 2.49. The summed E-state index contributed by atoms with van der Waals surface area (Å²) in [4.78, 5) is 27.3. The second-order valence-corrected chi connectivity index (χ2v) is 7.22. The van der Waals surface area contributed by atoms with Crippen LogP contribution in [-0.2, 0) is 12.0 Å². The van der Waals surface area contributed by atoms with E-state index in [1.807, 2.05) is 43.5 Å². The van der Waals surface area contributed by atoms with E-state index in [0.29, 0.717) is 0 Å². The van der Waals surface area contributed by atoms with E-state index in [9.17, 15) is 4.79 Å². The SMILES string of the molecule is CN(C)C(=O)N1CC[C@@]2(C1)CN(Cc1cccnc1)c1cccnc12. The van der Waals surface area contributed by atoms with Crippen LogP contribution in [0.5, 0.6) is 0 Å². The molecule has 2 amide bonds. The molecule has 1 spiro atoms. The minimum Gasteiger partial charge on any atom is -0.365 e. The lowest BCUT2D eigenvalue weighted by Gasteiger charge is -2.27. The highest BCUT2D eigenvalue weighted by Crippen LogP contribution is 2.45. The number of pyridine rings is 2. The molecule has 25 heavy (non-hydrogen) atoms. The normalized spacial score (nSPS) is 21.7. The molecule has 6 heteroatoms. The first kappa shape index (κ1) is 15.9.